The van der Waals surface area contributed by atoms with E-state index in [0.717, 1.165) is 13.3 Å². The van der Waals surface area contributed by atoms with Crippen molar-refractivity contribution in [2.24, 2.45) is 16.7 Å². The van der Waals surface area contributed by atoms with E-state index in [1.54, 1.807) is 18.2 Å². The van der Waals surface area contributed by atoms with Crippen molar-refractivity contribution in [3.8, 4) is 0 Å². The second kappa shape index (κ2) is 7.77. The maximum absolute atomic E-state index is 13.0. The summed E-state index contributed by atoms with van der Waals surface area (Å²) in [4.78, 5) is 36.3. The third kappa shape index (κ3) is 3.88. The fourth-order valence-corrected chi connectivity index (χ4v) is 6.57. The van der Waals surface area contributed by atoms with Crippen molar-refractivity contribution in [3.05, 3.63) is 35.9 Å². The Bertz CT molecular complexity index is 952. The van der Waals surface area contributed by atoms with Crippen LogP contribution >= 0.6 is 0 Å². The van der Waals surface area contributed by atoms with Gasteiger partial charge in [0.15, 0.2) is 12.2 Å². The van der Waals surface area contributed by atoms with Gasteiger partial charge in [-0.15, -0.1) is 0 Å². The first kappa shape index (κ1) is 22.4. The van der Waals surface area contributed by atoms with Gasteiger partial charge in [-0.25, -0.2) is 13.8 Å². The molecule has 0 aliphatic heterocycles. The fourth-order valence-electron chi connectivity index (χ4n) is 4.74. The number of aliphatic carboxylic acids is 1. The second-order valence-electron chi connectivity index (χ2n) is 8.67. The highest BCUT2D eigenvalue weighted by Crippen LogP contribution is 2.64. The van der Waals surface area contributed by atoms with E-state index in [1.807, 2.05) is 13.8 Å². The average Bonchev–Trinajstić information content (AvgIpc) is 3.00. The number of carbonyl (C=O) groups is 3. The van der Waals surface area contributed by atoms with E-state index in [2.05, 4.69) is 0 Å². The predicted molar refractivity (Wildman–Crippen MR) is 106 cm³/mol. The number of hydrogen-bond acceptors (Lipinski definition) is 7. The van der Waals surface area contributed by atoms with E-state index in [4.69, 9.17) is 14.0 Å². The zero-order chi connectivity index (χ0) is 22.3. The van der Waals surface area contributed by atoms with Crippen molar-refractivity contribution in [2.75, 3.05) is 5.75 Å². The smallest absolute Gasteiger partial charge is 0.344 e. The molecular weight excluding hydrogens is 412 g/mol. The minimum atomic E-state index is -4.33. The van der Waals surface area contributed by atoms with Crippen LogP contribution < -0.4 is 0 Å². The lowest BCUT2D eigenvalue weighted by molar-refractivity contribution is -0.168. The topological polar surface area (TPSA) is 124 Å². The number of carboxylic acids is 1. The lowest BCUT2D eigenvalue weighted by Crippen LogP contribution is -2.43. The molecule has 2 saturated carbocycles. The molecule has 4 atom stereocenters. The predicted octanol–water partition coefficient (Wildman–Crippen LogP) is 2.49. The van der Waals surface area contributed by atoms with Crippen LogP contribution in [0.5, 0.6) is 0 Å². The molecular formula is C21H26O8S. The number of ether oxygens (including phenoxy) is 1. The van der Waals surface area contributed by atoms with Gasteiger partial charge in [0.1, 0.15) is 5.78 Å². The van der Waals surface area contributed by atoms with Gasteiger partial charge >= 0.3 is 11.9 Å². The molecule has 0 heterocycles. The van der Waals surface area contributed by atoms with Gasteiger partial charge in [0.2, 0.25) is 0 Å². The van der Waals surface area contributed by atoms with Crippen LogP contribution in [0.25, 0.3) is 0 Å². The molecule has 2 aliphatic rings. The Hall–Kier alpha value is -2.26. The monoisotopic (exact) mass is 438 g/mol. The minimum Gasteiger partial charge on any atom is -0.479 e. The molecule has 8 nitrogen and oxygen atoms in total. The SMILES string of the molecule is CC(OC(=O)C(OS(=O)(=O)C[C@@]12CCC(CC1=O)C2(C)C)c1ccccc1)C(=O)O. The summed E-state index contributed by atoms with van der Waals surface area (Å²) in [6.07, 6.45) is -1.55. The Morgan fingerprint density at radius 2 is 1.87 bits per heavy atom. The Morgan fingerprint density at radius 3 is 2.37 bits per heavy atom. The average molecular weight is 438 g/mol. The summed E-state index contributed by atoms with van der Waals surface area (Å²) in [5.41, 5.74) is -1.32. The number of benzene rings is 1. The molecule has 2 aliphatic carbocycles. The molecule has 0 saturated heterocycles. The molecule has 0 radical (unpaired) electrons. The van der Waals surface area contributed by atoms with Gasteiger partial charge in [-0.05, 0) is 36.7 Å². The van der Waals surface area contributed by atoms with Gasteiger partial charge in [-0.3, -0.25) is 4.79 Å². The normalized spacial score (nSPS) is 26.9. The fraction of sp³-hybridized carbons (Fsp3) is 0.571. The number of hydrogen-bond donors (Lipinski definition) is 1. The van der Waals surface area contributed by atoms with Crippen LogP contribution in [0, 0.1) is 16.7 Å². The molecule has 1 aromatic rings. The number of esters is 1. The third-order valence-electron chi connectivity index (χ3n) is 6.76. The van der Waals surface area contributed by atoms with E-state index in [-0.39, 0.29) is 17.3 Å². The number of rotatable bonds is 8. The van der Waals surface area contributed by atoms with E-state index in [9.17, 15) is 22.8 Å². The second-order valence-corrected chi connectivity index (χ2v) is 10.3. The van der Waals surface area contributed by atoms with Gasteiger partial charge in [0, 0.05) is 6.42 Å². The van der Waals surface area contributed by atoms with Gasteiger partial charge in [0.25, 0.3) is 10.1 Å². The van der Waals surface area contributed by atoms with Crippen LogP contribution in [0.4, 0.5) is 0 Å². The van der Waals surface area contributed by atoms with Crippen molar-refractivity contribution < 1.29 is 36.8 Å². The highest BCUT2D eigenvalue weighted by atomic mass is 32.2. The number of Topliss-reactive ketones (excluding diaryl/α,β-unsaturated/α-hetero) is 1. The van der Waals surface area contributed by atoms with Crippen molar-refractivity contribution >= 4 is 27.8 Å². The van der Waals surface area contributed by atoms with E-state index < -0.39 is 50.8 Å². The number of fused-ring (bicyclic) bond motifs is 2. The van der Waals surface area contributed by atoms with Gasteiger partial charge in [-0.1, -0.05) is 44.2 Å². The maximum Gasteiger partial charge on any atom is 0.344 e. The summed E-state index contributed by atoms with van der Waals surface area (Å²) in [5.74, 6) is -2.97. The largest absolute Gasteiger partial charge is 0.479 e. The highest BCUT2D eigenvalue weighted by Gasteiger charge is 2.65. The number of ketones is 1. The quantitative estimate of drug-likeness (QED) is 0.485. The molecule has 30 heavy (non-hydrogen) atoms. The van der Waals surface area contributed by atoms with Crippen LogP contribution in [0.15, 0.2) is 30.3 Å². The molecule has 1 aromatic carbocycles. The molecule has 3 rings (SSSR count). The summed E-state index contributed by atoms with van der Waals surface area (Å²) < 4.78 is 36.2. The first-order chi connectivity index (χ1) is 13.9. The van der Waals surface area contributed by atoms with Crippen LogP contribution in [0.3, 0.4) is 0 Å². The summed E-state index contributed by atoms with van der Waals surface area (Å²) in [6.45, 7) is 4.97. The first-order valence-electron chi connectivity index (χ1n) is 9.82. The van der Waals surface area contributed by atoms with E-state index in [1.165, 1.54) is 12.1 Å². The molecule has 2 fully saturated rings. The zero-order valence-electron chi connectivity index (χ0n) is 17.2. The standard InChI is InChI=1S/C21H26O8S/c1-13(18(23)24)28-19(25)17(14-7-5-4-6-8-14)29-30(26,27)12-21-10-9-15(11-16(21)22)20(21,2)3/h4-8,13,15,17H,9-12H2,1-3H3,(H,23,24)/t13?,15?,17?,21-/m0/s1. The molecule has 164 valence electrons. The maximum atomic E-state index is 13.0. The highest BCUT2D eigenvalue weighted by molar-refractivity contribution is 7.86. The molecule has 0 amide bonds. The van der Waals surface area contributed by atoms with Crippen molar-refractivity contribution in [1.82, 2.24) is 0 Å². The van der Waals surface area contributed by atoms with Gasteiger partial charge in [0.05, 0.1) is 11.2 Å². The van der Waals surface area contributed by atoms with E-state index in [0.29, 0.717) is 12.8 Å². The Morgan fingerprint density at radius 1 is 1.23 bits per heavy atom. The Kier molecular flexibility index (Phi) is 5.81. The summed E-state index contributed by atoms with van der Waals surface area (Å²) in [7, 11) is -4.33. The van der Waals surface area contributed by atoms with Crippen molar-refractivity contribution in [2.45, 2.75) is 52.2 Å². The molecule has 0 spiro atoms. The summed E-state index contributed by atoms with van der Waals surface area (Å²) in [5, 5.41) is 8.99. The van der Waals surface area contributed by atoms with Gasteiger partial charge < -0.3 is 9.84 Å². The number of carboxylic acid groups (broad SMARTS) is 1. The molecule has 3 unspecified atom stereocenters. The zero-order valence-corrected chi connectivity index (χ0v) is 18.0. The third-order valence-corrected chi connectivity index (χ3v) is 8.09. The lowest BCUT2D eigenvalue weighted by atomic mass is 9.70. The molecule has 2 bridgehead atoms. The van der Waals surface area contributed by atoms with Crippen molar-refractivity contribution in [3.63, 3.8) is 0 Å². The minimum absolute atomic E-state index is 0.0886. The van der Waals surface area contributed by atoms with Gasteiger partial charge in [-0.2, -0.15) is 8.42 Å². The van der Waals surface area contributed by atoms with Crippen LogP contribution in [0.2, 0.25) is 0 Å². The van der Waals surface area contributed by atoms with Crippen LogP contribution in [-0.4, -0.2) is 43.1 Å². The van der Waals surface area contributed by atoms with Crippen LogP contribution in [-0.2, 0) is 33.4 Å². The number of carbonyl (C=O) groups excluding carboxylic acids is 2. The first-order valence-corrected chi connectivity index (χ1v) is 11.4. The summed E-state index contributed by atoms with van der Waals surface area (Å²) in [6, 6.07) is 7.84. The van der Waals surface area contributed by atoms with E-state index >= 15 is 0 Å². The lowest BCUT2D eigenvalue weighted by Gasteiger charge is -2.36. The summed E-state index contributed by atoms with van der Waals surface area (Å²) >= 11 is 0. The molecule has 1 N–H and O–H groups in total. The van der Waals surface area contributed by atoms with Crippen LogP contribution in [0.1, 0.15) is 51.7 Å². The Labute approximate surface area is 175 Å². The van der Waals surface area contributed by atoms with Crippen molar-refractivity contribution in [1.29, 1.82) is 0 Å². The Balaban J connectivity index is 1.87. The molecule has 9 heteroatoms. The molecule has 0 aromatic heterocycles.